The van der Waals surface area contributed by atoms with E-state index in [4.69, 9.17) is 0 Å². The summed E-state index contributed by atoms with van der Waals surface area (Å²) in [7, 11) is 0. The van der Waals surface area contributed by atoms with Crippen LogP contribution in [-0.2, 0) is 6.54 Å². The molecule has 2 heterocycles. The Morgan fingerprint density at radius 3 is 2.72 bits per heavy atom. The lowest BCUT2D eigenvalue weighted by Gasteiger charge is -2.60. The van der Waals surface area contributed by atoms with Crippen LogP contribution in [0, 0.1) is 30.1 Å². The van der Waals surface area contributed by atoms with E-state index in [1.165, 1.54) is 35.7 Å². The lowest BCUT2D eigenvalue weighted by Crippen LogP contribution is -2.53. The minimum atomic E-state index is -0.0795. The van der Waals surface area contributed by atoms with E-state index in [0.717, 1.165) is 30.0 Å². The van der Waals surface area contributed by atoms with Gasteiger partial charge in [-0.3, -0.25) is 9.78 Å². The molecule has 2 aromatic heterocycles. The molecular formula is C25H29N3O. The van der Waals surface area contributed by atoms with Crippen LogP contribution >= 0.6 is 0 Å². The number of nitrogens with one attached hydrogen (secondary N) is 1. The first-order chi connectivity index (χ1) is 13.9. The fourth-order valence-electron chi connectivity index (χ4n) is 5.84. The summed E-state index contributed by atoms with van der Waals surface area (Å²) in [6.45, 7) is 8.14. The first kappa shape index (κ1) is 18.4. The molecule has 0 radical (unpaired) electrons. The maximum absolute atomic E-state index is 12.8. The zero-order valence-electron chi connectivity index (χ0n) is 17.5. The second kappa shape index (κ2) is 6.72. The number of hydrogen-bond donors (Lipinski definition) is 1. The summed E-state index contributed by atoms with van der Waals surface area (Å²) in [6, 6.07) is 9.68. The van der Waals surface area contributed by atoms with E-state index < -0.39 is 0 Å². The fraction of sp³-hybridized carbons (Fsp3) is 0.440. The Labute approximate surface area is 172 Å². The maximum atomic E-state index is 12.8. The molecule has 0 saturated heterocycles. The average molecular weight is 388 g/mol. The minimum absolute atomic E-state index is 0.0795. The summed E-state index contributed by atoms with van der Waals surface area (Å²) in [4.78, 5) is 16.8. The molecule has 150 valence electrons. The number of aryl methyl sites for hydroxylation is 1. The Balaban J connectivity index is 1.42. The van der Waals surface area contributed by atoms with Gasteiger partial charge < -0.3 is 9.88 Å². The van der Waals surface area contributed by atoms with Crippen molar-refractivity contribution in [1.29, 1.82) is 0 Å². The summed E-state index contributed by atoms with van der Waals surface area (Å²) in [5.74, 6) is 2.41. The molecule has 0 spiro atoms. The van der Waals surface area contributed by atoms with Crippen molar-refractivity contribution in [3.05, 3.63) is 60.0 Å². The van der Waals surface area contributed by atoms with E-state index in [9.17, 15) is 4.79 Å². The molecule has 1 aromatic carbocycles. The van der Waals surface area contributed by atoms with Crippen LogP contribution in [0.1, 0.15) is 49.0 Å². The van der Waals surface area contributed by atoms with Gasteiger partial charge >= 0.3 is 0 Å². The zero-order chi connectivity index (χ0) is 20.2. The summed E-state index contributed by atoms with van der Waals surface area (Å²) >= 11 is 0. The van der Waals surface area contributed by atoms with Crippen molar-refractivity contribution in [2.45, 2.75) is 46.6 Å². The smallest absolute Gasteiger partial charge is 0.255 e. The van der Waals surface area contributed by atoms with Gasteiger partial charge in [-0.05, 0) is 79.2 Å². The summed E-state index contributed by atoms with van der Waals surface area (Å²) in [6.07, 6.45) is 9.74. The topological polar surface area (TPSA) is 46.9 Å². The Hall–Kier alpha value is -2.62. The number of pyridine rings is 1. The number of amides is 1. The van der Waals surface area contributed by atoms with Gasteiger partial charge in [0.15, 0.2) is 0 Å². The van der Waals surface area contributed by atoms with Gasteiger partial charge in [-0.15, -0.1) is 0 Å². The van der Waals surface area contributed by atoms with E-state index >= 15 is 0 Å². The van der Waals surface area contributed by atoms with Crippen LogP contribution in [0.2, 0.25) is 0 Å². The van der Waals surface area contributed by atoms with Crippen molar-refractivity contribution in [3.63, 3.8) is 0 Å². The molecular weight excluding hydrogens is 358 g/mol. The zero-order valence-corrected chi connectivity index (χ0v) is 17.5. The number of carbonyl (C=O) groups is 1. The van der Waals surface area contributed by atoms with Crippen LogP contribution in [0.3, 0.4) is 0 Å². The molecule has 1 N–H and O–H groups in total. The fourth-order valence-corrected chi connectivity index (χ4v) is 5.84. The van der Waals surface area contributed by atoms with E-state index in [1.807, 2.05) is 6.07 Å². The molecule has 1 amide bonds. The number of anilines is 1. The van der Waals surface area contributed by atoms with Gasteiger partial charge in [0, 0.05) is 47.3 Å². The van der Waals surface area contributed by atoms with Crippen LogP contribution in [0.4, 0.5) is 5.69 Å². The molecule has 6 rings (SSSR count). The van der Waals surface area contributed by atoms with Crippen molar-refractivity contribution in [2.24, 2.45) is 23.2 Å². The van der Waals surface area contributed by atoms with Crippen LogP contribution in [-0.4, -0.2) is 15.5 Å². The van der Waals surface area contributed by atoms with E-state index in [2.05, 4.69) is 54.0 Å². The Kier molecular flexibility index (Phi) is 4.27. The van der Waals surface area contributed by atoms with E-state index in [0.29, 0.717) is 11.0 Å². The van der Waals surface area contributed by atoms with Gasteiger partial charge in [-0.25, -0.2) is 0 Å². The van der Waals surface area contributed by atoms with Gasteiger partial charge in [0.1, 0.15) is 0 Å². The molecule has 3 unspecified atom stereocenters. The monoisotopic (exact) mass is 387 g/mol. The Morgan fingerprint density at radius 2 is 2.00 bits per heavy atom. The van der Waals surface area contributed by atoms with E-state index in [1.54, 1.807) is 24.5 Å². The average Bonchev–Trinajstić information content (AvgIpc) is 3.03. The molecule has 29 heavy (non-hydrogen) atoms. The summed E-state index contributed by atoms with van der Waals surface area (Å²) < 4.78 is 2.40. The standard InChI is InChI=1S/C25H29N3O/c1-16-14-28(15-18-4-6-19-13-22(18)25(19,2)3)23-12-17(5-7-21(16)23)24(29)27-20-8-10-26-11-9-20/h5,7-12,14,18-19,22H,4,6,13,15H2,1-3H3,(H,26,27,29). The molecule has 3 aliphatic carbocycles. The second-order valence-electron chi connectivity index (χ2n) is 9.58. The lowest BCUT2D eigenvalue weighted by atomic mass is 9.45. The van der Waals surface area contributed by atoms with Crippen molar-refractivity contribution in [2.75, 3.05) is 5.32 Å². The number of nitrogens with zero attached hydrogens (tertiary/aromatic N) is 2. The highest BCUT2D eigenvalue weighted by Gasteiger charge is 2.54. The first-order valence-electron chi connectivity index (χ1n) is 10.7. The number of benzene rings is 1. The van der Waals surface area contributed by atoms with E-state index in [-0.39, 0.29) is 5.91 Å². The van der Waals surface area contributed by atoms with Crippen molar-refractivity contribution >= 4 is 22.5 Å². The van der Waals surface area contributed by atoms with Crippen LogP contribution in [0.5, 0.6) is 0 Å². The summed E-state index contributed by atoms with van der Waals surface area (Å²) in [5.41, 5.74) is 4.41. The van der Waals surface area contributed by atoms with Gasteiger partial charge in [0.2, 0.25) is 0 Å². The van der Waals surface area contributed by atoms with Crippen molar-refractivity contribution in [3.8, 4) is 0 Å². The highest BCUT2D eigenvalue weighted by atomic mass is 16.1. The van der Waals surface area contributed by atoms with Gasteiger partial charge in [0.05, 0.1) is 0 Å². The van der Waals surface area contributed by atoms with Gasteiger partial charge in [0.25, 0.3) is 5.91 Å². The number of rotatable bonds is 4. The highest BCUT2D eigenvalue weighted by molar-refractivity contribution is 6.06. The van der Waals surface area contributed by atoms with Gasteiger partial charge in [-0.2, -0.15) is 0 Å². The van der Waals surface area contributed by atoms with Crippen LogP contribution in [0.25, 0.3) is 10.9 Å². The maximum Gasteiger partial charge on any atom is 0.255 e. The molecule has 0 aliphatic heterocycles. The van der Waals surface area contributed by atoms with Crippen molar-refractivity contribution < 1.29 is 4.79 Å². The van der Waals surface area contributed by atoms with Crippen LogP contribution in [0.15, 0.2) is 48.9 Å². The normalized spacial score (nSPS) is 24.9. The number of hydrogen-bond acceptors (Lipinski definition) is 2. The third kappa shape index (κ3) is 3.06. The molecule has 3 saturated carbocycles. The number of aromatic nitrogens is 2. The third-order valence-corrected chi connectivity index (χ3v) is 7.71. The predicted octanol–water partition coefficient (Wildman–Crippen LogP) is 5.67. The highest BCUT2D eigenvalue weighted by Crippen LogP contribution is 2.61. The molecule has 3 aliphatic rings. The van der Waals surface area contributed by atoms with Crippen LogP contribution < -0.4 is 5.32 Å². The Bertz CT molecular complexity index is 1060. The Morgan fingerprint density at radius 1 is 1.21 bits per heavy atom. The number of fused-ring (bicyclic) bond motifs is 3. The lowest BCUT2D eigenvalue weighted by molar-refractivity contribution is -0.108. The van der Waals surface area contributed by atoms with Crippen molar-refractivity contribution in [1.82, 2.24) is 9.55 Å². The minimum Gasteiger partial charge on any atom is -0.347 e. The van der Waals surface area contributed by atoms with Gasteiger partial charge in [-0.1, -0.05) is 19.9 Å². The summed E-state index contributed by atoms with van der Waals surface area (Å²) in [5, 5.41) is 4.21. The predicted molar refractivity (Wildman–Crippen MR) is 117 cm³/mol. The molecule has 2 bridgehead atoms. The molecule has 3 fully saturated rings. The third-order valence-electron chi connectivity index (χ3n) is 7.71. The largest absolute Gasteiger partial charge is 0.347 e. The first-order valence-corrected chi connectivity index (χ1v) is 10.7. The molecule has 3 aromatic rings. The molecule has 4 heteroatoms. The SMILES string of the molecule is Cc1cn(CC2CCC3CC2C3(C)C)c2cc(C(=O)Nc3ccncc3)ccc12. The number of carbonyl (C=O) groups excluding carboxylic acids is 1. The second-order valence-corrected chi connectivity index (χ2v) is 9.58. The quantitative estimate of drug-likeness (QED) is 0.627. The molecule has 3 atom stereocenters. The molecule has 4 nitrogen and oxygen atoms in total.